The van der Waals surface area contributed by atoms with Crippen LogP contribution in [0.25, 0.3) is 0 Å². The summed E-state index contributed by atoms with van der Waals surface area (Å²) in [5.41, 5.74) is -3.66. The van der Waals surface area contributed by atoms with Gasteiger partial charge in [0.1, 0.15) is 0 Å². The minimum absolute atomic E-state index is 0.0293. The number of carbonyl (C=O) groups excluding carboxylic acids is 4. The van der Waals surface area contributed by atoms with Gasteiger partial charge in [0.15, 0.2) is 12.2 Å². The first-order chi connectivity index (χ1) is 24.5. The Morgan fingerprint density at radius 2 is 0.833 bits per heavy atom. The van der Waals surface area contributed by atoms with Crippen LogP contribution in [0.4, 0.5) is 0 Å². The Kier molecular flexibility index (Phi) is 14.4. The summed E-state index contributed by atoms with van der Waals surface area (Å²) in [5.74, 6) is -4.94. The summed E-state index contributed by atoms with van der Waals surface area (Å²) < 4.78 is 135. The first kappa shape index (κ1) is 45.9. The highest BCUT2D eigenvalue weighted by Gasteiger charge is 2.49. The number of hydrogen-bond acceptors (Lipinski definition) is 20. The van der Waals surface area contributed by atoms with E-state index in [1.807, 2.05) is 0 Å². The van der Waals surface area contributed by atoms with Gasteiger partial charge >= 0.3 is 23.9 Å². The second kappa shape index (κ2) is 16.9. The van der Waals surface area contributed by atoms with Crippen molar-refractivity contribution in [2.24, 2.45) is 21.7 Å². The number of cyclic esters (lactones) is 4. The van der Waals surface area contributed by atoms with Crippen molar-refractivity contribution in [1.82, 2.24) is 0 Å². The third-order valence-electron chi connectivity index (χ3n) is 8.96. The molecule has 24 heteroatoms. The molecule has 0 aliphatic carbocycles. The minimum Gasteiger partial charge on any atom is -0.465 e. The zero-order chi connectivity index (χ0) is 41.0. The number of hydrogen-bond donors (Lipinski definition) is 0. The number of rotatable bonds is 18. The molecule has 4 atom stereocenters. The van der Waals surface area contributed by atoms with Crippen molar-refractivity contribution >= 4 is 64.3 Å². The van der Waals surface area contributed by atoms with E-state index in [1.54, 1.807) is 41.5 Å². The maximum Gasteiger partial charge on any atom is 0.337 e. The average molecular weight is 857 g/mol. The Hall–Kier alpha value is -2.48. The molecule has 4 heterocycles. The molecule has 4 rings (SSSR count). The zero-order valence-electron chi connectivity index (χ0n) is 30.9. The third-order valence-corrected chi connectivity index (χ3v) is 14.0. The number of esters is 4. The second-order valence-corrected chi connectivity index (χ2v) is 22.3. The maximum atomic E-state index is 12.1. The van der Waals surface area contributed by atoms with Gasteiger partial charge in [-0.1, -0.05) is 27.7 Å². The van der Waals surface area contributed by atoms with E-state index in [0.29, 0.717) is 12.8 Å². The van der Waals surface area contributed by atoms with E-state index in [9.17, 15) is 52.8 Å². The molecule has 0 spiro atoms. The predicted molar refractivity (Wildman–Crippen MR) is 183 cm³/mol. The standard InChI is InChI=1S/2C15H24O10S2/c1-14(2)8-22-12(16)10(14)24-26(18,19)6-5-7-27(20,21)25-11-13(17)23-9-15(11,3)4;1-14(4-6-22-12(14)16)10-24-26(18,19)8-3-9-27(20,21)25-11-15(2)5-7-23-13(15)17/h10-11H,5-9H2,1-4H3;3-11H2,1-2H3. The van der Waals surface area contributed by atoms with Crippen LogP contribution in [0.15, 0.2) is 0 Å². The molecule has 0 aromatic rings. The van der Waals surface area contributed by atoms with Gasteiger partial charge in [0.2, 0.25) is 0 Å². The van der Waals surface area contributed by atoms with Crippen molar-refractivity contribution in [2.45, 2.75) is 79.4 Å². The molecule has 0 saturated carbocycles. The zero-order valence-corrected chi connectivity index (χ0v) is 34.1. The number of carbonyl (C=O) groups is 4. The highest BCUT2D eigenvalue weighted by molar-refractivity contribution is 7.88. The van der Waals surface area contributed by atoms with Crippen LogP contribution in [0.1, 0.15) is 67.2 Å². The van der Waals surface area contributed by atoms with Gasteiger partial charge in [-0.3, -0.25) is 26.3 Å². The Morgan fingerprint density at radius 1 is 0.519 bits per heavy atom. The van der Waals surface area contributed by atoms with E-state index in [2.05, 4.69) is 0 Å². The van der Waals surface area contributed by atoms with Crippen molar-refractivity contribution in [1.29, 1.82) is 0 Å². The maximum absolute atomic E-state index is 12.1. The monoisotopic (exact) mass is 856 g/mol. The molecule has 312 valence electrons. The Balaban J connectivity index is 0.000000290. The summed E-state index contributed by atoms with van der Waals surface area (Å²) in [5, 5.41) is 0. The molecule has 0 aromatic carbocycles. The van der Waals surface area contributed by atoms with Crippen LogP contribution in [0.3, 0.4) is 0 Å². The van der Waals surface area contributed by atoms with Crippen LogP contribution in [-0.4, -0.2) is 132 Å². The summed E-state index contributed by atoms with van der Waals surface area (Å²) in [6, 6.07) is 0. The van der Waals surface area contributed by atoms with E-state index >= 15 is 0 Å². The van der Waals surface area contributed by atoms with E-state index in [4.69, 9.17) is 35.7 Å². The summed E-state index contributed by atoms with van der Waals surface area (Å²) in [6.07, 6.45) is -2.41. The molecule has 0 aromatic heterocycles. The fraction of sp³-hybridized carbons (Fsp3) is 0.867. The van der Waals surface area contributed by atoms with Gasteiger partial charge in [-0.05, 0) is 39.5 Å². The summed E-state index contributed by atoms with van der Waals surface area (Å²) in [6.45, 7) is 9.37. The van der Waals surface area contributed by atoms with Gasteiger partial charge in [0.05, 0.1) is 73.5 Å². The Labute approximate surface area is 315 Å². The lowest BCUT2D eigenvalue weighted by atomic mass is 9.90. The van der Waals surface area contributed by atoms with Gasteiger partial charge in [0.25, 0.3) is 40.5 Å². The van der Waals surface area contributed by atoms with E-state index in [0.717, 1.165) is 0 Å². The van der Waals surface area contributed by atoms with Crippen LogP contribution >= 0.6 is 0 Å². The molecule has 4 saturated heterocycles. The highest BCUT2D eigenvalue weighted by Crippen LogP contribution is 2.34. The van der Waals surface area contributed by atoms with Crippen molar-refractivity contribution in [3.63, 3.8) is 0 Å². The highest BCUT2D eigenvalue weighted by atomic mass is 32.2. The first-order valence-electron chi connectivity index (χ1n) is 16.8. The number of ether oxygens (including phenoxy) is 4. The van der Waals surface area contributed by atoms with Crippen molar-refractivity contribution in [3.05, 3.63) is 0 Å². The second-order valence-electron chi connectivity index (χ2n) is 15.3. The van der Waals surface area contributed by atoms with Crippen LogP contribution in [0, 0.1) is 21.7 Å². The quantitative estimate of drug-likeness (QED) is 0.0992. The molecule has 4 fully saturated rings. The fourth-order valence-electron chi connectivity index (χ4n) is 5.12. The summed E-state index contributed by atoms with van der Waals surface area (Å²) >= 11 is 0. The largest absolute Gasteiger partial charge is 0.465 e. The van der Waals surface area contributed by atoms with Crippen molar-refractivity contribution in [3.8, 4) is 0 Å². The third kappa shape index (κ3) is 12.8. The van der Waals surface area contributed by atoms with Crippen LogP contribution in [0.2, 0.25) is 0 Å². The van der Waals surface area contributed by atoms with Gasteiger partial charge < -0.3 is 18.9 Å². The van der Waals surface area contributed by atoms with Crippen LogP contribution < -0.4 is 0 Å². The smallest absolute Gasteiger partial charge is 0.337 e. The van der Waals surface area contributed by atoms with Gasteiger partial charge in [-0.2, -0.15) is 33.7 Å². The molecule has 4 unspecified atom stereocenters. The van der Waals surface area contributed by atoms with Crippen molar-refractivity contribution < 1.29 is 88.5 Å². The molecule has 0 amide bonds. The average Bonchev–Trinajstić information content (AvgIpc) is 3.72. The lowest BCUT2D eigenvalue weighted by molar-refractivity contribution is -0.147. The molecular formula is C30H48O20S4. The van der Waals surface area contributed by atoms with Crippen molar-refractivity contribution in [2.75, 3.05) is 62.7 Å². The van der Waals surface area contributed by atoms with Gasteiger partial charge in [0, 0.05) is 10.8 Å². The lowest BCUT2D eigenvalue weighted by Crippen LogP contribution is -2.36. The van der Waals surface area contributed by atoms with Crippen LogP contribution in [-0.2, 0) is 95.3 Å². The topological polar surface area (TPSA) is 279 Å². The summed E-state index contributed by atoms with van der Waals surface area (Å²) in [7, 11) is -16.3. The molecule has 0 N–H and O–H groups in total. The SMILES string of the molecule is CC1(C)COC(=O)C1OS(=O)(=O)CCCS(=O)(=O)OC1C(=O)OCC1(C)C.CC1(COS(=O)(=O)CCCS(=O)(=O)OCC2(C)CCOC2=O)CCOC1=O. The molecule has 4 aliphatic rings. The molecular weight excluding hydrogens is 809 g/mol. The molecule has 54 heavy (non-hydrogen) atoms. The van der Waals surface area contributed by atoms with Gasteiger partial charge in [-0.25, -0.2) is 9.59 Å². The molecule has 0 radical (unpaired) electrons. The minimum atomic E-state index is -4.16. The Bertz CT molecular complexity index is 1730. The molecule has 4 aliphatic heterocycles. The normalized spacial score (nSPS) is 28.2. The van der Waals surface area contributed by atoms with Gasteiger partial charge in [-0.15, -0.1) is 0 Å². The summed E-state index contributed by atoms with van der Waals surface area (Å²) in [4.78, 5) is 46.4. The first-order valence-corrected chi connectivity index (χ1v) is 23.1. The molecule has 20 nitrogen and oxygen atoms in total. The van der Waals surface area contributed by atoms with Crippen LogP contribution in [0.5, 0.6) is 0 Å². The fourth-order valence-corrected chi connectivity index (χ4v) is 10.0. The molecule has 0 bridgehead atoms. The lowest BCUT2D eigenvalue weighted by Gasteiger charge is -2.22. The van der Waals surface area contributed by atoms with E-state index in [1.165, 1.54) is 0 Å². The van der Waals surface area contributed by atoms with E-state index < -0.39 is 121 Å². The Morgan fingerprint density at radius 3 is 1.09 bits per heavy atom. The van der Waals surface area contributed by atoms with E-state index in [-0.39, 0.29) is 52.5 Å². The predicted octanol–water partition coefficient (Wildman–Crippen LogP) is -0.0518.